The van der Waals surface area contributed by atoms with Gasteiger partial charge in [0.1, 0.15) is 18.2 Å². The zero-order valence-electron chi connectivity index (χ0n) is 40.4. The number of anilines is 2. The largest absolute Gasteiger partial charge is 0.350 e. The highest BCUT2D eigenvalue weighted by Gasteiger charge is 2.48. The lowest BCUT2D eigenvalue weighted by Crippen LogP contribution is -2.51. The molecule has 0 radical (unpaired) electrons. The zero-order valence-corrected chi connectivity index (χ0v) is 40.4. The molecule has 0 aromatic heterocycles. The van der Waals surface area contributed by atoms with E-state index in [2.05, 4.69) is 233 Å². The second-order valence-corrected chi connectivity index (χ2v) is 21.2. The second-order valence-electron chi connectivity index (χ2n) is 21.2. The van der Waals surface area contributed by atoms with Gasteiger partial charge in [-0.25, -0.2) is 4.99 Å². The minimum Gasteiger partial charge on any atom is -0.350 e. The van der Waals surface area contributed by atoms with Crippen molar-refractivity contribution in [2.24, 2.45) is 22.7 Å². The van der Waals surface area contributed by atoms with E-state index in [0.29, 0.717) is 11.8 Å². The first-order valence-electron chi connectivity index (χ1n) is 26.5. The molecule has 6 aromatic carbocycles. The van der Waals surface area contributed by atoms with Gasteiger partial charge >= 0.3 is 0 Å². The number of hydrogen-bond acceptors (Lipinski definition) is 5. The smallest absolute Gasteiger partial charge is 0.132 e. The van der Waals surface area contributed by atoms with Gasteiger partial charge in [-0.1, -0.05) is 182 Å². The van der Waals surface area contributed by atoms with Crippen molar-refractivity contribution in [3.8, 4) is 0 Å². The van der Waals surface area contributed by atoms with E-state index in [9.17, 15) is 0 Å². The number of amidine groups is 1. The number of rotatable bonds is 6. The average molecular weight is 932 g/mol. The molecule has 72 heavy (non-hydrogen) atoms. The van der Waals surface area contributed by atoms with Crippen molar-refractivity contribution < 1.29 is 0 Å². The van der Waals surface area contributed by atoms with Gasteiger partial charge in [0, 0.05) is 63.4 Å². The van der Waals surface area contributed by atoms with Crippen LogP contribution in [0.1, 0.15) is 84.5 Å². The van der Waals surface area contributed by atoms with Gasteiger partial charge in [0.2, 0.25) is 0 Å². The van der Waals surface area contributed by atoms with E-state index in [1.165, 1.54) is 88.9 Å². The van der Waals surface area contributed by atoms with E-state index < -0.39 is 0 Å². The molecule has 1 saturated heterocycles. The first kappa shape index (κ1) is 42.0. The van der Waals surface area contributed by atoms with E-state index in [1.54, 1.807) is 0 Å². The number of nitrogens with one attached hydrogen (secondary N) is 2. The summed E-state index contributed by atoms with van der Waals surface area (Å²) in [6.07, 6.45) is 39.4. The van der Waals surface area contributed by atoms with Gasteiger partial charge < -0.3 is 15.1 Å². The van der Waals surface area contributed by atoms with Crippen molar-refractivity contribution in [1.29, 1.82) is 0 Å². The molecule has 350 valence electrons. The Balaban J connectivity index is 0.831. The molecule has 1 fully saturated rings. The molecule has 3 aliphatic heterocycles. The summed E-state index contributed by atoms with van der Waals surface area (Å²) in [5.74, 6) is 2.13. The fraction of sp³-hybridized carbons (Fsp3) is 0.209. The van der Waals surface area contributed by atoms with E-state index in [4.69, 9.17) is 4.99 Å². The summed E-state index contributed by atoms with van der Waals surface area (Å²) < 4.78 is 0. The third-order valence-corrected chi connectivity index (χ3v) is 17.3. The number of nitrogens with zero attached hydrogens (tertiary/aromatic N) is 3. The van der Waals surface area contributed by atoms with Gasteiger partial charge in [-0.2, -0.15) is 0 Å². The van der Waals surface area contributed by atoms with Crippen molar-refractivity contribution in [1.82, 2.24) is 10.6 Å². The van der Waals surface area contributed by atoms with Crippen molar-refractivity contribution in [3.63, 3.8) is 0 Å². The Bertz CT molecular complexity index is 3620. The minimum absolute atomic E-state index is 0.125. The molecule has 0 saturated carbocycles. The predicted molar refractivity (Wildman–Crippen MR) is 297 cm³/mol. The maximum absolute atomic E-state index is 5.67. The Kier molecular flexibility index (Phi) is 9.89. The number of aliphatic imine (C=N–C) groups is 1. The predicted octanol–water partition coefficient (Wildman–Crippen LogP) is 14.9. The van der Waals surface area contributed by atoms with Crippen LogP contribution in [0.25, 0.3) is 27.6 Å². The van der Waals surface area contributed by atoms with Crippen LogP contribution in [0.3, 0.4) is 0 Å². The fourth-order valence-corrected chi connectivity index (χ4v) is 13.9. The van der Waals surface area contributed by atoms with Gasteiger partial charge in [-0.3, -0.25) is 5.32 Å². The molecule has 8 unspecified atom stereocenters. The third kappa shape index (κ3) is 6.81. The molecule has 5 nitrogen and oxygen atoms in total. The van der Waals surface area contributed by atoms with Crippen LogP contribution in [0.4, 0.5) is 11.4 Å². The summed E-state index contributed by atoms with van der Waals surface area (Å²) in [5, 5.41) is 13.0. The highest BCUT2D eigenvalue weighted by molar-refractivity contribution is 6.13. The van der Waals surface area contributed by atoms with E-state index >= 15 is 0 Å². The molecule has 8 atom stereocenters. The fourth-order valence-electron chi connectivity index (χ4n) is 13.9. The quantitative estimate of drug-likeness (QED) is 0.175. The van der Waals surface area contributed by atoms with Crippen LogP contribution in [0.2, 0.25) is 0 Å². The topological polar surface area (TPSA) is 42.9 Å². The molecule has 6 aromatic rings. The lowest BCUT2D eigenvalue weighted by Gasteiger charge is -2.39. The lowest BCUT2D eigenvalue weighted by atomic mass is 9.79. The SMILES string of the molecule is C1=CCCC(C2=CC=CC(C3N=C(c4ccc(N5C6=CC7=CC=CCC7C=C6C6C=C(N7c8ccccc8C8C=Cc9ccccc9C87)CCC65)c5ccccc45)NC(c4ccc5ccccc5c4)N3)C2)=C1. The van der Waals surface area contributed by atoms with E-state index in [1.807, 2.05) is 0 Å². The molecule has 0 bridgehead atoms. The monoisotopic (exact) mass is 931 g/mol. The van der Waals surface area contributed by atoms with Crippen LogP contribution >= 0.6 is 0 Å². The number of para-hydroxylation sites is 1. The van der Waals surface area contributed by atoms with Crippen molar-refractivity contribution in [3.05, 3.63) is 268 Å². The first-order valence-corrected chi connectivity index (χ1v) is 26.5. The molecular formula is C67H57N5. The highest BCUT2D eigenvalue weighted by atomic mass is 15.3. The van der Waals surface area contributed by atoms with Crippen LogP contribution in [0.5, 0.6) is 0 Å². The van der Waals surface area contributed by atoms with Crippen molar-refractivity contribution in [2.75, 3.05) is 9.80 Å². The van der Waals surface area contributed by atoms with Gasteiger partial charge in [0.25, 0.3) is 0 Å². The van der Waals surface area contributed by atoms with Crippen LogP contribution in [-0.4, -0.2) is 18.0 Å². The average Bonchev–Trinajstić information content (AvgIpc) is 3.96. The number of hydrogen-bond donors (Lipinski definition) is 2. The van der Waals surface area contributed by atoms with Crippen molar-refractivity contribution in [2.45, 2.75) is 68.9 Å². The van der Waals surface area contributed by atoms with Gasteiger partial charge in [0.15, 0.2) is 0 Å². The third-order valence-electron chi connectivity index (χ3n) is 17.3. The molecule has 9 aliphatic rings. The summed E-state index contributed by atoms with van der Waals surface area (Å²) in [5.41, 5.74) is 17.8. The Labute approximate surface area is 422 Å². The van der Waals surface area contributed by atoms with E-state index in [-0.39, 0.29) is 36.3 Å². The second kappa shape index (κ2) is 17.0. The number of allylic oxidation sites excluding steroid dienone is 15. The minimum atomic E-state index is -0.130. The summed E-state index contributed by atoms with van der Waals surface area (Å²) in [7, 11) is 0. The summed E-state index contributed by atoms with van der Waals surface area (Å²) >= 11 is 0. The normalized spacial score (nSPS) is 27.5. The Morgan fingerprint density at radius 1 is 0.639 bits per heavy atom. The molecule has 0 spiro atoms. The maximum Gasteiger partial charge on any atom is 0.132 e. The Morgan fingerprint density at radius 2 is 1.47 bits per heavy atom. The van der Waals surface area contributed by atoms with Crippen molar-refractivity contribution >= 4 is 44.8 Å². The van der Waals surface area contributed by atoms with Gasteiger partial charge in [-0.05, 0) is 130 Å². The molecular weight excluding hydrogens is 875 g/mol. The molecule has 6 aliphatic carbocycles. The molecule has 0 amide bonds. The Morgan fingerprint density at radius 3 is 2.40 bits per heavy atom. The zero-order chi connectivity index (χ0) is 47.3. The van der Waals surface area contributed by atoms with Crippen LogP contribution in [-0.2, 0) is 0 Å². The molecule has 5 heteroatoms. The Hall–Kier alpha value is -7.73. The molecule has 15 rings (SSSR count). The molecule has 3 heterocycles. The van der Waals surface area contributed by atoms with Gasteiger partial charge in [-0.15, -0.1) is 0 Å². The van der Waals surface area contributed by atoms with Crippen LogP contribution < -0.4 is 20.4 Å². The highest BCUT2D eigenvalue weighted by Crippen LogP contribution is 2.58. The summed E-state index contributed by atoms with van der Waals surface area (Å²) in [6, 6.07) is 48.2. The van der Waals surface area contributed by atoms with E-state index in [0.717, 1.165) is 49.9 Å². The van der Waals surface area contributed by atoms with Gasteiger partial charge in [0.05, 0.1) is 6.04 Å². The number of fused-ring (bicyclic) bond motifs is 11. The first-order chi connectivity index (χ1) is 35.7. The van der Waals surface area contributed by atoms with Crippen LogP contribution in [0, 0.1) is 17.8 Å². The molecule has 2 N–H and O–H groups in total. The standard InChI is InChI=1S/C67H57N5/c1-2-15-42(16-3-1)46-22-14-23-49(37-46)65-68-66(50-30-29-43-17-4-5-19-45(43)38-50)70-67(69-65)57-34-36-61(54-26-11-10-25-53(54)57)72-62-35-32-51(41-59(62)58-39-47-20-6-7-21-48(47)40-63(58)72)71-60-28-13-12-27-55(60)56-33-31-44-18-8-9-24-52(44)64(56)71/h1-2,4-15,17-19,21-31,33-34,36,38-41,47,49,56,59,62,64-66,68H,3,16,20,32,35,37H2,(H,69,70). The maximum atomic E-state index is 5.67. The summed E-state index contributed by atoms with van der Waals surface area (Å²) in [6.45, 7) is 0. The van der Waals surface area contributed by atoms with Crippen LogP contribution in [0.15, 0.2) is 245 Å². The summed E-state index contributed by atoms with van der Waals surface area (Å²) in [4.78, 5) is 11.2. The number of benzene rings is 6. The lowest BCUT2D eigenvalue weighted by molar-refractivity contribution is 0.336.